The van der Waals surface area contributed by atoms with Gasteiger partial charge < -0.3 is 9.72 Å². The van der Waals surface area contributed by atoms with E-state index >= 15 is 0 Å². The Bertz CT molecular complexity index is 987. The average molecular weight is 373 g/mol. The van der Waals surface area contributed by atoms with E-state index in [0.717, 1.165) is 41.4 Å². The molecule has 1 aliphatic carbocycles. The number of aliphatic imine (C=N–C) groups is 1. The molecule has 0 radical (unpaired) electrons. The average Bonchev–Trinajstić information content (AvgIpc) is 3.26. The largest absolute Gasteiger partial charge is 0.462 e. The fourth-order valence-electron chi connectivity index (χ4n) is 3.24. The first-order valence-electron chi connectivity index (χ1n) is 8.31. The number of aryl methyl sites for hydroxylation is 1. The predicted octanol–water partition coefficient (Wildman–Crippen LogP) is 5.30. The second-order valence-electron chi connectivity index (χ2n) is 5.91. The highest BCUT2D eigenvalue weighted by Gasteiger charge is 2.27. The highest BCUT2D eigenvalue weighted by Crippen LogP contribution is 2.41. The van der Waals surface area contributed by atoms with Crippen molar-refractivity contribution in [2.75, 3.05) is 6.61 Å². The van der Waals surface area contributed by atoms with E-state index in [-0.39, 0.29) is 5.97 Å². The zero-order valence-corrected chi connectivity index (χ0v) is 15.3. The molecule has 2 aromatic heterocycles. The number of H-pyrrole nitrogens is 1. The number of rotatable bonds is 4. The molecule has 0 unspecified atom stereocenters. The normalized spacial score (nSPS) is 13.7. The molecule has 1 aliphatic rings. The van der Waals surface area contributed by atoms with E-state index in [1.165, 1.54) is 4.88 Å². The number of hydrogen-bond acceptors (Lipinski definition) is 4. The van der Waals surface area contributed by atoms with Gasteiger partial charge in [0.1, 0.15) is 5.00 Å². The molecule has 0 saturated heterocycles. The maximum atomic E-state index is 12.4. The van der Waals surface area contributed by atoms with Crippen molar-refractivity contribution >= 4 is 51.0 Å². The van der Waals surface area contributed by atoms with Crippen molar-refractivity contribution in [1.29, 1.82) is 0 Å². The molecule has 1 N–H and O–H groups in total. The number of hydrogen-bond donors (Lipinski definition) is 1. The van der Waals surface area contributed by atoms with Gasteiger partial charge in [-0.3, -0.25) is 0 Å². The van der Waals surface area contributed by atoms with Crippen molar-refractivity contribution < 1.29 is 9.53 Å². The van der Waals surface area contributed by atoms with Crippen LogP contribution >= 0.6 is 22.9 Å². The Morgan fingerprint density at radius 3 is 3.04 bits per heavy atom. The zero-order valence-electron chi connectivity index (χ0n) is 13.8. The van der Waals surface area contributed by atoms with E-state index in [0.29, 0.717) is 22.2 Å². The maximum absolute atomic E-state index is 12.4. The molecule has 1 aromatic carbocycles. The van der Waals surface area contributed by atoms with Gasteiger partial charge in [-0.1, -0.05) is 29.8 Å². The molecule has 4 rings (SSSR count). The molecular formula is C19H17ClN2O2S. The number of fused-ring (bicyclic) bond motifs is 2. The Labute approximate surface area is 154 Å². The molecule has 0 bridgehead atoms. The van der Waals surface area contributed by atoms with Crippen molar-refractivity contribution in [3.8, 4) is 0 Å². The van der Waals surface area contributed by atoms with Gasteiger partial charge in [-0.05, 0) is 37.8 Å². The smallest absolute Gasteiger partial charge is 0.341 e. The molecule has 0 fully saturated rings. The van der Waals surface area contributed by atoms with Gasteiger partial charge in [-0.25, -0.2) is 9.79 Å². The lowest BCUT2D eigenvalue weighted by molar-refractivity contribution is 0.0527. The monoisotopic (exact) mass is 372 g/mol. The minimum absolute atomic E-state index is 0.281. The van der Waals surface area contributed by atoms with E-state index in [4.69, 9.17) is 16.3 Å². The Kier molecular flexibility index (Phi) is 4.36. The number of para-hydroxylation sites is 1. The van der Waals surface area contributed by atoms with Crippen LogP contribution in [0.5, 0.6) is 0 Å². The van der Waals surface area contributed by atoms with Crippen LogP contribution in [-0.4, -0.2) is 23.8 Å². The number of carbonyl (C=O) groups excluding carboxylic acids is 1. The minimum atomic E-state index is -0.281. The second kappa shape index (κ2) is 6.65. The van der Waals surface area contributed by atoms with E-state index in [9.17, 15) is 4.79 Å². The van der Waals surface area contributed by atoms with Crippen LogP contribution in [0.15, 0.2) is 29.3 Å². The number of aromatic nitrogens is 1. The van der Waals surface area contributed by atoms with Crippen LogP contribution in [0.25, 0.3) is 10.9 Å². The van der Waals surface area contributed by atoms with Gasteiger partial charge in [0.2, 0.25) is 0 Å². The highest BCUT2D eigenvalue weighted by molar-refractivity contribution is 7.16. The molecule has 25 heavy (non-hydrogen) atoms. The van der Waals surface area contributed by atoms with E-state index in [1.54, 1.807) is 17.6 Å². The third-order valence-corrected chi connectivity index (χ3v) is 5.97. The molecule has 2 heterocycles. The Balaban J connectivity index is 1.73. The summed E-state index contributed by atoms with van der Waals surface area (Å²) in [5.41, 5.74) is 3.45. The molecule has 0 aliphatic heterocycles. The highest BCUT2D eigenvalue weighted by atomic mass is 35.5. The third-order valence-electron chi connectivity index (χ3n) is 4.36. The zero-order chi connectivity index (χ0) is 17.4. The van der Waals surface area contributed by atoms with Gasteiger partial charge in [0.15, 0.2) is 0 Å². The molecule has 3 aromatic rings. The van der Waals surface area contributed by atoms with Gasteiger partial charge in [-0.2, -0.15) is 0 Å². The van der Waals surface area contributed by atoms with Crippen LogP contribution in [0.3, 0.4) is 0 Å². The quantitative estimate of drug-likeness (QED) is 0.499. The number of halogens is 1. The Morgan fingerprint density at radius 2 is 2.24 bits per heavy atom. The van der Waals surface area contributed by atoms with E-state index in [1.807, 2.05) is 31.2 Å². The topological polar surface area (TPSA) is 54.4 Å². The fraction of sp³-hybridized carbons (Fsp3) is 0.263. The summed E-state index contributed by atoms with van der Waals surface area (Å²) in [6, 6.07) is 7.85. The molecule has 6 heteroatoms. The summed E-state index contributed by atoms with van der Waals surface area (Å²) < 4.78 is 5.24. The first-order valence-corrected chi connectivity index (χ1v) is 9.50. The second-order valence-corrected chi connectivity index (χ2v) is 7.38. The number of benzene rings is 1. The summed E-state index contributed by atoms with van der Waals surface area (Å²) in [7, 11) is 0. The Morgan fingerprint density at radius 1 is 1.40 bits per heavy atom. The summed E-state index contributed by atoms with van der Waals surface area (Å²) in [6.45, 7) is 2.18. The van der Waals surface area contributed by atoms with Gasteiger partial charge in [-0.15, -0.1) is 11.3 Å². The van der Waals surface area contributed by atoms with Crippen LogP contribution in [0.2, 0.25) is 5.02 Å². The fourth-order valence-corrected chi connectivity index (χ4v) is 4.72. The van der Waals surface area contributed by atoms with Crippen molar-refractivity contribution in [3.05, 3.63) is 51.0 Å². The minimum Gasteiger partial charge on any atom is -0.462 e. The van der Waals surface area contributed by atoms with Gasteiger partial charge in [0.25, 0.3) is 0 Å². The van der Waals surface area contributed by atoms with Gasteiger partial charge >= 0.3 is 5.97 Å². The molecule has 0 saturated carbocycles. The van der Waals surface area contributed by atoms with Crippen LogP contribution in [-0.2, 0) is 17.6 Å². The SMILES string of the molecule is CCOC(=O)c1c(/N=C/c2[nH]c3ccccc3c2Cl)sc2c1CCC2. The molecular weight excluding hydrogens is 356 g/mol. The molecule has 128 valence electrons. The van der Waals surface area contributed by atoms with Crippen LogP contribution in [0.1, 0.15) is 39.8 Å². The number of ether oxygens (including phenoxy) is 1. The lowest BCUT2D eigenvalue weighted by Gasteiger charge is -2.03. The number of aromatic amines is 1. The third kappa shape index (κ3) is 2.87. The number of thiophene rings is 1. The molecule has 0 amide bonds. The van der Waals surface area contributed by atoms with Crippen molar-refractivity contribution in [2.45, 2.75) is 26.2 Å². The standard InChI is InChI=1S/C19H17ClN2O2S/c1-2-24-19(23)16-12-7-5-9-15(12)25-18(16)21-10-14-17(20)11-6-3-4-8-13(11)22-14/h3-4,6,8,10,22H,2,5,7,9H2,1H3/b21-10+. The van der Waals surface area contributed by atoms with E-state index in [2.05, 4.69) is 9.98 Å². The molecule has 0 atom stereocenters. The van der Waals surface area contributed by atoms with Crippen molar-refractivity contribution in [2.24, 2.45) is 4.99 Å². The Hall–Kier alpha value is -2.11. The summed E-state index contributed by atoms with van der Waals surface area (Å²) in [5, 5.41) is 2.31. The number of nitrogens with zero attached hydrogens (tertiary/aromatic N) is 1. The van der Waals surface area contributed by atoms with E-state index < -0.39 is 0 Å². The number of esters is 1. The number of nitrogens with one attached hydrogen (secondary N) is 1. The molecule has 4 nitrogen and oxygen atoms in total. The summed E-state index contributed by atoms with van der Waals surface area (Å²) in [4.78, 5) is 21.5. The van der Waals surface area contributed by atoms with Crippen LogP contribution in [0.4, 0.5) is 5.00 Å². The van der Waals surface area contributed by atoms with Gasteiger partial charge in [0.05, 0.1) is 29.1 Å². The predicted molar refractivity (Wildman–Crippen MR) is 103 cm³/mol. The van der Waals surface area contributed by atoms with Crippen LogP contribution in [0, 0.1) is 0 Å². The van der Waals surface area contributed by atoms with Crippen molar-refractivity contribution in [3.63, 3.8) is 0 Å². The summed E-state index contributed by atoms with van der Waals surface area (Å²) >= 11 is 8.02. The van der Waals surface area contributed by atoms with Crippen LogP contribution < -0.4 is 0 Å². The molecule has 0 spiro atoms. The lowest BCUT2D eigenvalue weighted by atomic mass is 10.1. The van der Waals surface area contributed by atoms with Crippen molar-refractivity contribution in [1.82, 2.24) is 4.98 Å². The summed E-state index contributed by atoms with van der Waals surface area (Å²) in [6.07, 6.45) is 4.72. The first kappa shape index (κ1) is 16.4. The maximum Gasteiger partial charge on any atom is 0.341 e. The summed E-state index contributed by atoms with van der Waals surface area (Å²) in [5.74, 6) is -0.281. The number of carbonyl (C=O) groups is 1. The van der Waals surface area contributed by atoms with Gasteiger partial charge in [0, 0.05) is 15.8 Å². The lowest BCUT2D eigenvalue weighted by Crippen LogP contribution is -2.06. The first-order chi connectivity index (χ1) is 12.2.